The van der Waals surface area contributed by atoms with E-state index >= 15 is 0 Å². The molecule has 2 aromatic carbocycles. The van der Waals surface area contributed by atoms with Crippen molar-refractivity contribution >= 4 is 26.8 Å². The maximum Gasteiger partial charge on any atom is 0.183 e. The highest BCUT2D eigenvalue weighted by Gasteiger charge is 2.12. The van der Waals surface area contributed by atoms with E-state index in [0.29, 0.717) is 13.2 Å². The van der Waals surface area contributed by atoms with Gasteiger partial charge >= 0.3 is 0 Å². The summed E-state index contributed by atoms with van der Waals surface area (Å²) in [4.78, 5) is 0. The summed E-state index contributed by atoms with van der Waals surface area (Å²) in [5.41, 5.74) is 3.06. The van der Waals surface area contributed by atoms with Crippen LogP contribution < -0.4 is 10.5 Å². The molecule has 0 bridgehead atoms. The zero-order chi connectivity index (χ0) is 15.1. The van der Waals surface area contributed by atoms with E-state index in [2.05, 4.69) is 15.6 Å². The zero-order valence-electron chi connectivity index (χ0n) is 12.4. The molecule has 0 saturated heterocycles. The molecule has 0 aliphatic heterocycles. The molecule has 0 aliphatic rings. The first-order chi connectivity index (χ1) is 10.2. The second-order valence-corrected chi connectivity index (χ2v) is 5.08. The Morgan fingerprint density at radius 3 is 2.24 bits per heavy atom. The van der Waals surface area contributed by atoms with Crippen LogP contribution in [0.15, 0.2) is 48.5 Å². The van der Waals surface area contributed by atoms with Crippen LogP contribution in [0, 0.1) is 0 Å². The number of nitrogens with one attached hydrogen (secondary N) is 1. The number of rotatable bonds is 7. The van der Waals surface area contributed by atoms with Crippen molar-refractivity contribution < 1.29 is 9.47 Å². The minimum Gasteiger partial charge on any atom is -0.356 e. The Hall–Kier alpha value is -1.62. The normalized spacial score (nSPS) is 10.9. The van der Waals surface area contributed by atoms with Crippen LogP contribution in [0.1, 0.15) is 25.7 Å². The lowest BCUT2D eigenvalue weighted by molar-refractivity contribution is -0.140. The van der Waals surface area contributed by atoms with E-state index in [1.165, 1.54) is 0 Å². The molecule has 0 atom stereocenters. The molecule has 2 aromatic rings. The van der Waals surface area contributed by atoms with Gasteiger partial charge in [-0.15, -0.1) is 0 Å². The SMILES string of the molecule is CCOC(OCC)c1ccc(Nc2ccccc2)c([Si])c1. The van der Waals surface area contributed by atoms with Crippen LogP contribution in [0.3, 0.4) is 0 Å². The smallest absolute Gasteiger partial charge is 0.183 e. The minimum absolute atomic E-state index is 0.319. The van der Waals surface area contributed by atoms with Gasteiger partial charge < -0.3 is 14.8 Å². The average Bonchev–Trinajstić information content (AvgIpc) is 2.50. The molecule has 109 valence electrons. The Kier molecular flexibility index (Phi) is 5.99. The summed E-state index contributed by atoms with van der Waals surface area (Å²) in [6.07, 6.45) is -0.319. The van der Waals surface area contributed by atoms with E-state index in [9.17, 15) is 0 Å². The van der Waals surface area contributed by atoms with Crippen molar-refractivity contribution in [2.45, 2.75) is 20.1 Å². The van der Waals surface area contributed by atoms with Crippen molar-refractivity contribution in [3.05, 3.63) is 54.1 Å². The van der Waals surface area contributed by atoms with Crippen molar-refractivity contribution in [3.63, 3.8) is 0 Å². The zero-order valence-corrected chi connectivity index (χ0v) is 13.4. The largest absolute Gasteiger partial charge is 0.356 e. The van der Waals surface area contributed by atoms with Gasteiger partial charge in [0.15, 0.2) is 6.29 Å². The summed E-state index contributed by atoms with van der Waals surface area (Å²) in [6, 6.07) is 16.1. The summed E-state index contributed by atoms with van der Waals surface area (Å²) >= 11 is 0. The molecule has 3 radical (unpaired) electrons. The first-order valence-corrected chi connectivity index (χ1v) is 7.65. The molecule has 4 heteroatoms. The van der Waals surface area contributed by atoms with Gasteiger partial charge in [-0.1, -0.05) is 30.3 Å². The number of anilines is 2. The van der Waals surface area contributed by atoms with E-state index in [4.69, 9.17) is 9.47 Å². The van der Waals surface area contributed by atoms with Crippen molar-refractivity contribution in [1.82, 2.24) is 0 Å². The Morgan fingerprint density at radius 2 is 1.67 bits per heavy atom. The molecule has 0 aromatic heterocycles. The van der Waals surface area contributed by atoms with Crippen LogP contribution in [-0.4, -0.2) is 23.5 Å². The van der Waals surface area contributed by atoms with Gasteiger partial charge in [0.1, 0.15) is 0 Å². The third-order valence-electron chi connectivity index (χ3n) is 3.00. The molecule has 0 fully saturated rings. The second kappa shape index (κ2) is 7.98. The number of benzene rings is 2. The topological polar surface area (TPSA) is 30.5 Å². The van der Waals surface area contributed by atoms with Gasteiger partial charge in [-0.2, -0.15) is 0 Å². The number of para-hydroxylation sites is 1. The molecule has 0 spiro atoms. The van der Waals surface area contributed by atoms with Gasteiger partial charge in [-0.05, 0) is 37.2 Å². The highest BCUT2D eigenvalue weighted by molar-refractivity contribution is 6.36. The summed E-state index contributed by atoms with van der Waals surface area (Å²) in [5.74, 6) is 0. The molecule has 21 heavy (non-hydrogen) atoms. The van der Waals surface area contributed by atoms with Crippen LogP contribution in [0.25, 0.3) is 0 Å². The summed E-state index contributed by atoms with van der Waals surface area (Å²) in [6.45, 7) is 5.16. The van der Waals surface area contributed by atoms with Crippen LogP contribution in [-0.2, 0) is 9.47 Å². The van der Waals surface area contributed by atoms with E-state index in [0.717, 1.165) is 22.1 Å². The lowest BCUT2D eigenvalue weighted by Crippen LogP contribution is -2.15. The Labute approximate surface area is 129 Å². The van der Waals surface area contributed by atoms with Crippen LogP contribution in [0.2, 0.25) is 0 Å². The van der Waals surface area contributed by atoms with Crippen molar-refractivity contribution in [2.75, 3.05) is 18.5 Å². The lowest BCUT2D eigenvalue weighted by atomic mass is 10.2. The van der Waals surface area contributed by atoms with Gasteiger partial charge in [0, 0.05) is 30.2 Å². The fraction of sp³-hybridized carbons (Fsp3) is 0.294. The average molecular weight is 298 g/mol. The van der Waals surface area contributed by atoms with Crippen LogP contribution in [0.4, 0.5) is 11.4 Å². The van der Waals surface area contributed by atoms with E-state index in [-0.39, 0.29) is 6.29 Å². The van der Waals surface area contributed by atoms with Gasteiger partial charge in [0.25, 0.3) is 0 Å². The first-order valence-electron chi connectivity index (χ1n) is 7.15. The van der Waals surface area contributed by atoms with E-state index in [1.54, 1.807) is 0 Å². The Morgan fingerprint density at radius 1 is 1.00 bits per heavy atom. The van der Waals surface area contributed by atoms with Gasteiger partial charge in [-0.25, -0.2) is 0 Å². The molecule has 0 aliphatic carbocycles. The molecule has 0 amide bonds. The molecular formula is C17H20NO2Si. The van der Waals surface area contributed by atoms with Gasteiger partial charge in [-0.3, -0.25) is 0 Å². The van der Waals surface area contributed by atoms with Gasteiger partial charge in [0.2, 0.25) is 0 Å². The highest BCUT2D eigenvalue weighted by Crippen LogP contribution is 2.21. The molecular weight excluding hydrogens is 278 g/mol. The fourth-order valence-electron chi connectivity index (χ4n) is 2.04. The predicted molar refractivity (Wildman–Crippen MR) is 87.5 cm³/mol. The number of ether oxygens (including phenoxy) is 2. The molecule has 0 heterocycles. The summed E-state index contributed by atoms with van der Waals surface area (Å²) < 4.78 is 11.2. The summed E-state index contributed by atoms with van der Waals surface area (Å²) in [7, 11) is 3.66. The second-order valence-electron chi connectivity index (χ2n) is 4.54. The quantitative estimate of drug-likeness (QED) is 0.628. The van der Waals surface area contributed by atoms with Crippen molar-refractivity contribution in [1.29, 1.82) is 0 Å². The summed E-state index contributed by atoms with van der Waals surface area (Å²) in [5, 5.41) is 4.35. The maximum absolute atomic E-state index is 5.62. The standard InChI is InChI=1S/C17H20NO2Si/c1-3-19-17(20-4-2)13-10-11-15(16(21)12-13)18-14-8-6-5-7-9-14/h5-12,17-18H,3-4H2,1-2H3. The predicted octanol–water partition coefficient (Wildman–Crippen LogP) is 3.30. The minimum atomic E-state index is -0.319. The number of hydrogen-bond acceptors (Lipinski definition) is 3. The van der Waals surface area contributed by atoms with E-state index < -0.39 is 0 Å². The third-order valence-corrected chi connectivity index (χ3v) is 3.42. The van der Waals surface area contributed by atoms with Crippen LogP contribution in [0.5, 0.6) is 0 Å². The van der Waals surface area contributed by atoms with Crippen LogP contribution >= 0.6 is 0 Å². The Bertz CT molecular complexity index is 554. The van der Waals surface area contributed by atoms with Crippen molar-refractivity contribution in [3.8, 4) is 0 Å². The molecule has 0 saturated carbocycles. The maximum atomic E-state index is 5.62. The monoisotopic (exact) mass is 298 g/mol. The fourth-order valence-corrected chi connectivity index (χ4v) is 2.35. The molecule has 1 N–H and O–H groups in total. The third kappa shape index (κ3) is 4.42. The van der Waals surface area contributed by atoms with Gasteiger partial charge in [0.05, 0.1) is 10.2 Å². The molecule has 3 nitrogen and oxygen atoms in total. The molecule has 0 unspecified atom stereocenters. The first kappa shape index (κ1) is 15.8. The number of hydrogen-bond donors (Lipinski definition) is 1. The lowest BCUT2D eigenvalue weighted by Gasteiger charge is -2.19. The molecule has 2 rings (SSSR count). The highest BCUT2D eigenvalue weighted by atomic mass is 28.1. The van der Waals surface area contributed by atoms with Crippen molar-refractivity contribution in [2.24, 2.45) is 0 Å². The Balaban J connectivity index is 2.16. The van der Waals surface area contributed by atoms with E-state index in [1.807, 2.05) is 62.4 Å².